The summed E-state index contributed by atoms with van der Waals surface area (Å²) < 4.78 is 36.3. The van der Waals surface area contributed by atoms with E-state index in [-0.39, 0.29) is 34.7 Å². The first kappa shape index (κ1) is 25.8. The summed E-state index contributed by atoms with van der Waals surface area (Å²) in [7, 11) is -4.12. The van der Waals surface area contributed by atoms with Crippen LogP contribution in [0, 0.1) is 11.3 Å². The normalized spacial score (nSPS) is 14.8. The molecule has 4 N–H and O–H groups in total. The van der Waals surface area contributed by atoms with E-state index >= 15 is 0 Å². The molecule has 190 valence electrons. The summed E-state index contributed by atoms with van der Waals surface area (Å²) in [5, 5.41) is 9.49. The summed E-state index contributed by atoms with van der Waals surface area (Å²) in [6, 6.07) is 19.2. The molecule has 0 spiro atoms. The lowest BCUT2D eigenvalue weighted by atomic mass is 10.1. The minimum absolute atomic E-state index is 0.0354. The van der Waals surface area contributed by atoms with Gasteiger partial charge in [-0.3, -0.25) is 4.90 Å². The number of guanidine groups is 2. The van der Waals surface area contributed by atoms with Crippen LogP contribution >= 0.6 is 11.6 Å². The van der Waals surface area contributed by atoms with Gasteiger partial charge in [-0.05, 0) is 61.9 Å². The van der Waals surface area contributed by atoms with E-state index in [2.05, 4.69) is 9.98 Å². The molecular weight excluding hydrogens is 516 g/mol. The van der Waals surface area contributed by atoms with E-state index in [1.807, 2.05) is 19.9 Å². The fraction of sp³-hybridized carbons (Fsp3) is 0.160. The Kier molecular flexibility index (Phi) is 6.98. The van der Waals surface area contributed by atoms with Gasteiger partial charge in [0.1, 0.15) is 29.0 Å². The van der Waals surface area contributed by atoms with E-state index in [4.69, 9.17) is 37.3 Å². The molecule has 0 aliphatic carbocycles. The van der Waals surface area contributed by atoms with Crippen LogP contribution in [0.5, 0.6) is 11.5 Å². The molecule has 3 aromatic rings. The Bertz CT molecular complexity index is 1550. The number of nitriles is 1. The summed E-state index contributed by atoms with van der Waals surface area (Å²) in [4.78, 5) is 9.99. The summed E-state index contributed by atoms with van der Waals surface area (Å²) in [5.41, 5.74) is 12.5. The van der Waals surface area contributed by atoms with Crippen LogP contribution in [0.1, 0.15) is 25.0 Å². The third kappa shape index (κ3) is 5.61. The Morgan fingerprint density at radius 3 is 2.41 bits per heavy atom. The lowest BCUT2D eigenvalue weighted by molar-refractivity contribution is 0.306. The highest BCUT2D eigenvalue weighted by Gasteiger charge is 2.33. The van der Waals surface area contributed by atoms with Crippen LogP contribution in [0.2, 0.25) is 5.02 Å². The zero-order valence-corrected chi connectivity index (χ0v) is 21.5. The Hall–Kier alpha value is -4.27. The van der Waals surface area contributed by atoms with Crippen molar-refractivity contribution < 1.29 is 17.3 Å². The predicted octanol–water partition coefficient (Wildman–Crippen LogP) is 3.74. The molecule has 0 unspecified atom stereocenters. The molecule has 0 atom stereocenters. The third-order valence-corrected chi connectivity index (χ3v) is 6.92. The number of hydrogen-bond donors (Lipinski definition) is 2. The van der Waals surface area contributed by atoms with Gasteiger partial charge in [0.05, 0.1) is 10.6 Å². The van der Waals surface area contributed by atoms with Gasteiger partial charge < -0.3 is 20.4 Å². The molecule has 4 rings (SSSR count). The van der Waals surface area contributed by atoms with Gasteiger partial charge in [0.25, 0.3) is 0 Å². The molecule has 12 heteroatoms. The molecule has 0 aromatic heterocycles. The molecule has 37 heavy (non-hydrogen) atoms. The van der Waals surface area contributed by atoms with E-state index in [0.717, 1.165) is 0 Å². The van der Waals surface area contributed by atoms with Crippen LogP contribution in [0.3, 0.4) is 0 Å². The van der Waals surface area contributed by atoms with Gasteiger partial charge in [0.15, 0.2) is 5.75 Å². The van der Waals surface area contributed by atoms with Gasteiger partial charge in [-0.1, -0.05) is 35.9 Å². The Labute approximate surface area is 219 Å². The Balaban J connectivity index is 1.44. The van der Waals surface area contributed by atoms with Gasteiger partial charge >= 0.3 is 10.1 Å². The van der Waals surface area contributed by atoms with Crippen molar-refractivity contribution in [3.8, 4) is 17.6 Å². The molecule has 0 saturated heterocycles. The van der Waals surface area contributed by atoms with Crippen molar-refractivity contribution in [1.82, 2.24) is 0 Å². The highest BCUT2D eigenvalue weighted by molar-refractivity contribution is 7.87. The number of nitrogens with zero attached hydrogens (tertiary/aromatic N) is 4. The Morgan fingerprint density at radius 2 is 1.76 bits per heavy atom. The van der Waals surface area contributed by atoms with Gasteiger partial charge in [0.2, 0.25) is 11.9 Å². The molecule has 1 aliphatic rings. The molecule has 1 heterocycles. The summed E-state index contributed by atoms with van der Waals surface area (Å²) in [6.07, 6.45) is 0. The van der Waals surface area contributed by atoms with Crippen LogP contribution in [0.4, 0.5) is 5.69 Å². The lowest BCUT2D eigenvalue weighted by Crippen LogP contribution is -2.54. The van der Waals surface area contributed by atoms with Gasteiger partial charge in [-0.15, -0.1) is 0 Å². The minimum atomic E-state index is -4.12. The third-order valence-electron chi connectivity index (χ3n) is 5.38. The number of nitrogens with two attached hydrogens (primary N) is 2. The van der Waals surface area contributed by atoms with E-state index < -0.39 is 15.8 Å². The van der Waals surface area contributed by atoms with Gasteiger partial charge in [-0.25, -0.2) is 4.99 Å². The molecule has 0 amide bonds. The number of para-hydroxylation sites is 1. The molecule has 0 fully saturated rings. The first-order valence-electron chi connectivity index (χ1n) is 10.9. The zero-order chi connectivity index (χ0) is 26.8. The molecule has 0 radical (unpaired) electrons. The summed E-state index contributed by atoms with van der Waals surface area (Å²) in [6.45, 7) is 3.82. The number of hydrogen-bond acceptors (Lipinski definition) is 10. The topological polar surface area (TPSA) is 156 Å². The predicted molar refractivity (Wildman–Crippen MR) is 141 cm³/mol. The SMILES string of the molecule is CC1(C)N=C(N)N=C(N)N1c1ccc(OCc2ccc(S(=O)(=O)Oc3ccccc3C#N)cc2)c(Cl)c1. The van der Waals surface area contributed by atoms with Crippen molar-refractivity contribution in [3.63, 3.8) is 0 Å². The number of anilines is 1. The van der Waals surface area contributed by atoms with Crippen LogP contribution in [0.25, 0.3) is 0 Å². The summed E-state index contributed by atoms with van der Waals surface area (Å²) >= 11 is 6.46. The molecule has 10 nitrogen and oxygen atoms in total. The standard InChI is InChI=1S/C25H23ClN6O4S/c1-25(2)31-23(28)30-24(29)32(25)18-9-12-22(20(26)13-18)35-15-16-7-10-19(11-8-16)37(33,34)36-21-6-4-3-5-17(21)14-27/h3-13H,15H2,1-2H3,(H4,28,29,30,31). The van der Waals surface area contributed by atoms with E-state index in [9.17, 15) is 8.42 Å². The van der Waals surface area contributed by atoms with E-state index in [1.165, 1.54) is 24.3 Å². The summed E-state index contributed by atoms with van der Waals surface area (Å²) in [5.74, 6) is 0.679. The molecule has 0 saturated carbocycles. The zero-order valence-electron chi connectivity index (χ0n) is 19.9. The maximum absolute atomic E-state index is 12.6. The van der Waals surface area contributed by atoms with Crippen molar-refractivity contribution in [2.75, 3.05) is 4.90 Å². The number of aliphatic imine (C=N–C) groups is 2. The van der Waals surface area contributed by atoms with Crippen LogP contribution in [-0.4, -0.2) is 26.0 Å². The van der Waals surface area contributed by atoms with Crippen molar-refractivity contribution in [2.24, 2.45) is 21.5 Å². The molecule has 1 aliphatic heterocycles. The second kappa shape index (κ2) is 10.0. The van der Waals surface area contributed by atoms with Crippen LogP contribution < -0.4 is 25.3 Å². The van der Waals surface area contributed by atoms with Crippen LogP contribution in [0.15, 0.2) is 81.6 Å². The number of benzene rings is 3. The highest BCUT2D eigenvalue weighted by Crippen LogP contribution is 2.34. The molecular formula is C25H23ClN6O4S. The largest absolute Gasteiger partial charge is 0.487 e. The maximum Gasteiger partial charge on any atom is 0.339 e. The van der Waals surface area contributed by atoms with Crippen molar-refractivity contribution in [1.29, 1.82) is 5.26 Å². The second-order valence-corrected chi connectivity index (χ2v) is 10.4. The van der Waals surface area contributed by atoms with E-state index in [0.29, 0.717) is 22.0 Å². The van der Waals surface area contributed by atoms with E-state index in [1.54, 1.807) is 47.4 Å². The van der Waals surface area contributed by atoms with Crippen molar-refractivity contribution in [2.45, 2.75) is 31.0 Å². The smallest absolute Gasteiger partial charge is 0.339 e. The Morgan fingerprint density at radius 1 is 1.05 bits per heavy atom. The fourth-order valence-corrected chi connectivity index (χ4v) is 4.89. The fourth-order valence-electron chi connectivity index (χ4n) is 3.71. The van der Waals surface area contributed by atoms with Crippen molar-refractivity contribution in [3.05, 3.63) is 82.9 Å². The van der Waals surface area contributed by atoms with Gasteiger partial charge in [-0.2, -0.15) is 18.7 Å². The average molecular weight is 539 g/mol. The van der Waals surface area contributed by atoms with Crippen molar-refractivity contribution >= 4 is 39.3 Å². The number of rotatable bonds is 7. The number of halogens is 1. The minimum Gasteiger partial charge on any atom is -0.487 e. The van der Waals surface area contributed by atoms with Gasteiger partial charge in [0, 0.05) is 5.69 Å². The molecule has 3 aromatic carbocycles. The monoisotopic (exact) mass is 538 g/mol. The first-order chi connectivity index (χ1) is 17.5. The number of ether oxygens (including phenoxy) is 1. The quantitative estimate of drug-likeness (QED) is 0.431. The second-order valence-electron chi connectivity index (χ2n) is 8.46. The molecule has 0 bridgehead atoms. The average Bonchev–Trinajstić information content (AvgIpc) is 2.82. The lowest BCUT2D eigenvalue weighted by Gasteiger charge is -2.38. The highest BCUT2D eigenvalue weighted by atomic mass is 35.5. The van der Waals surface area contributed by atoms with Crippen LogP contribution in [-0.2, 0) is 16.7 Å². The maximum atomic E-state index is 12.6. The first-order valence-corrected chi connectivity index (χ1v) is 12.7.